The first kappa shape index (κ1) is 17.4. The Bertz CT molecular complexity index is 779. The van der Waals surface area contributed by atoms with Crippen molar-refractivity contribution in [2.24, 2.45) is 0 Å². The van der Waals surface area contributed by atoms with E-state index in [1.807, 2.05) is 25.1 Å². The van der Waals surface area contributed by atoms with Gasteiger partial charge in [0.05, 0.1) is 25.3 Å². The lowest BCUT2D eigenvalue weighted by Crippen LogP contribution is -2.06. The lowest BCUT2D eigenvalue weighted by molar-refractivity contribution is 0.101. The third-order valence-corrected chi connectivity index (χ3v) is 3.54. The van der Waals surface area contributed by atoms with E-state index in [1.54, 1.807) is 25.3 Å². The summed E-state index contributed by atoms with van der Waals surface area (Å²) in [5, 5.41) is 12.3. The molecule has 0 spiro atoms. The van der Waals surface area contributed by atoms with E-state index < -0.39 is 0 Å². The molecular weight excluding hydrogens is 304 g/mol. The molecule has 0 heterocycles. The van der Waals surface area contributed by atoms with Crippen LogP contribution >= 0.6 is 0 Å². The zero-order chi connectivity index (χ0) is 17.5. The highest BCUT2D eigenvalue weighted by atomic mass is 16.5. The first-order chi connectivity index (χ1) is 11.6. The first-order valence-electron chi connectivity index (χ1n) is 7.67. The second-order valence-corrected chi connectivity index (χ2v) is 5.20. The van der Waals surface area contributed by atoms with Crippen LogP contribution in [0.1, 0.15) is 35.3 Å². The quantitative estimate of drug-likeness (QED) is 0.785. The molecule has 0 amide bonds. The Morgan fingerprint density at radius 3 is 2.62 bits per heavy atom. The van der Waals surface area contributed by atoms with Crippen molar-refractivity contribution in [1.82, 2.24) is 0 Å². The highest BCUT2D eigenvalue weighted by Crippen LogP contribution is 2.28. The van der Waals surface area contributed by atoms with E-state index in [2.05, 4.69) is 11.4 Å². The Kier molecular flexibility index (Phi) is 5.80. The van der Waals surface area contributed by atoms with Crippen molar-refractivity contribution < 1.29 is 14.3 Å². The molecule has 24 heavy (non-hydrogen) atoms. The Hall–Kier alpha value is -3.00. The number of hydrogen-bond donors (Lipinski definition) is 1. The number of Topliss-reactive ketones (excluding diaryl/α,β-unsaturated/α-hetero) is 1. The Morgan fingerprint density at radius 2 is 2.00 bits per heavy atom. The van der Waals surface area contributed by atoms with Gasteiger partial charge in [-0.15, -0.1) is 0 Å². The molecule has 1 N–H and O–H groups in total. The van der Waals surface area contributed by atoms with Crippen LogP contribution < -0.4 is 14.8 Å². The third kappa shape index (κ3) is 4.05. The molecule has 124 valence electrons. The van der Waals surface area contributed by atoms with Gasteiger partial charge in [0.25, 0.3) is 0 Å². The van der Waals surface area contributed by atoms with Crippen LogP contribution in [0.5, 0.6) is 11.5 Å². The predicted octanol–water partition coefficient (Wildman–Crippen LogP) is 3.78. The fourth-order valence-electron chi connectivity index (χ4n) is 2.36. The van der Waals surface area contributed by atoms with E-state index >= 15 is 0 Å². The number of ketones is 1. The summed E-state index contributed by atoms with van der Waals surface area (Å²) in [7, 11) is 1.60. The SMILES string of the molecule is CCOc1cc(CNc2cc(C#N)ccc2C(C)=O)ccc1OC. The minimum atomic E-state index is -0.0493. The van der Waals surface area contributed by atoms with Gasteiger partial charge in [-0.05, 0) is 49.7 Å². The highest BCUT2D eigenvalue weighted by molar-refractivity contribution is 5.99. The van der Waals surface area contributed by atoms with Crippen LogP contribution in [0.2, 0.25) is 0 Å². The van der Waals surface area contributed by atoms with Gasteiger partial charge in [0.2, 0.25) is 0 Å². The maximum absolute atomic E-state index is 11.7. The summed E-state index contributed by atoms with van der Waals surface area (Å²) in [4.78, 5) is 11.7. The number of nitrogens with one attached hydrogen (secondary N) is 1. The van der Waals surface area contributed by atoms with Gasteiger partial charge in [-0.1, -0.05) is 6.07 Å². The monoisotopic (exact) mass is 324 g/mol. The number of rotatable bonds is 7. The Labute approximate surface area is 141 Å². The Morgan fingerprint density at radius 1 is 1.21 bits per heavy atom. The van der Waals surface area contributed by atoms with Crippen molar-refractivity contribution in [1.29, 1.82) is 5.26 Å². The topological polar surface area (TPSA) is 71.3 Å². The average molecular weight is 324 g/mol. The normalized spacial score (nSPS) is 9.92. The fraction of sp³-hybridized carbons (Fsp3) is 0.263. The number of ether oxygens (including phenoxy) is 2. The molecule has 0 aromatic heterocycles. The predicted molar refractivity (Wildman–Crippen MR) is 92.7 cm³/mol. The van der Waals surface area contributed by atoms with E-state index in [9.17, 15) is 4.79 Å². The minimum absolute atomic E-state index is 0.0493. The molecule has 0 aliphatic heterocycles. The maximum atomic E-state index is 11.7. The molecule has 0 aliphatic carbocycles. The second kappa shape index (κ2) is 8.02. The molecule has 0 fully saturated rings. The van der Waals surface area contributed by atoms with Crippen LogP contribution in [-0.2, 0) is 6.54 Å². The summed E-state index contributed by atoms with van der Waals surface area (Å²) in [6, 6.07) is 12.8. The van der Waals surface area contributed by atoms with Crippen molar-refractivity contribution in [3.05, 3.63) is 53.1 Å². The molecule has 0 aliphatic rings. The van der Waals surface area contributed by atoms with E-state index in [1.165, 1.54) is 6.92 Å². The summed E-state index contributed by atoms with van der Waals surface area (Å²) in [6.07, 6.45) is 0. The van der Waals surface area contributed by atoms with Crippen molar-refractivity contribution >= 4 is 11.5 Å². The molecule has 0 saturated carbocycles. The molecule has 0 atom stereocenters. The number of carbonyl (C=O) groups excluding carboxylic acids is 1. The molecule has 0 radical (unpaired) electrons. The summed E-state index contributed by atoms with van der Waals surface area (Å²) in [6.45, 7) is 4.47. The van der Waals surface area contributed by atoms with Gasteiger partial charge < -0.3 is 14.8 Å². The molecule has 0 unspecified atom stereocenters. The zero-order valence-corrected chi connectivity index (χ0v) is 14.1. The number of hydrogen-bond acceptors (Lipinski definition) is 5. The van der Waals surface area contributed by atoms with Crippen molar-refractivity contribution in [3.63, 3.8) is 0 Å². The summed E-state index contributed by atoms with van der Waals surface area (Å²) in [5.74, 6) is 1.31. The molecule has 5 nitrogen and oxygen atoms in total. The van der Waals surface area contributed by atoms with Gasteiger partial charge in [0, 0.05) is 17.8 Å². The number of methoxy groups -OCH3 is 1. The van der Waals surface area contributed by atoms with Crippen molar-refractivity contribution in [3.8, 4) is 17.6 Å². The average Bonchev–Trinajstić information content (AvgIpc) is 2.60. The maximum Gasteiger partial charge on any atom is 0.161 e. The number of nitriles is 1. The molecule has 0 bridgehead atoms. The number of nitrogens with zero attached hydrogens (tertiary/aromatic N) is 1. The standard InChI is InChI=1S/C19H20N2O3/c1-4-24-19-10-15(6-8-18(19)23-3)12-21-17-9-14(11-20)5-7-16(17)13(2)22/h5-10,21H,4,12H2,1-3H3. The minimum Gasteiger partial charge on any atom is -0.493 e. The summed E-state index contributed by atoms with van der Waals surface area (Å²) >= 11 is 0. The highest BCUT2D eigenvalue weighted by Gasteiger charge is 2.10. The number of carbonyl (C=O) groups is 1. The van der Waals surface area contributed by atoms with Crippen LogP contribution in [0.4, 0.5) is 5.69 Å². The molecule has 2 rings (SSSR count). The van der Waals surface area contributed by atoms with Crippen LogP contribution in [0.15, 0.2) is 36.4 Å². The zero-order valence-electron chi connectivity index (χ0n) is 14.1. The largest absolute Gasteiger partial charge is 0.493 e. The fourth-order valence-corrected chi connectivity index (χ4v) is 2.36. The van der Waals surface area contributed by atoms with Crippen LogP contribution in [0, 0.1) is 11.3 Å². The summed E-state index contributed by atoms with van der Waals surface area (Å²) in [5.41, 5.74) is 2.70. The van der Waals surface area contributed by atoms with E-state index in [0.717, 1.165) is 5.56 Å². The van der Waals surface area contributed by atoms with E-state index in [-0.39, 0.29) is 5.78 Å². The van der Waals surface area contributed by atoms with Crippen LogP contribution in [0.25, 0.3) is 0 Å². The van der Waals surface area contributed by atoms with Crippen molar-refractivity contribution in [2.75, 3.05) is 19.0 Å². The lowest BCUT2D eigenvalue weighted by atomic mass is 10.1. The van der Waals surface area contributed by atoms with Gasteiger partial charge in [-0.3, -0.25) is 4.79 Å². The molecule has 5 heteroatoms. The van der Waals surface area contributed by atoms with Gasteiger partial charge in [0.15, 0.2) is 17.3 Å². The van der Waals surface area contributed by atoms with Gasteiger partial charge in [-0.2, -0.15) is 5.26 Å². The Balaban J connectivity index is 2.23. The van der Waals surface area contributed by atoms with Crippen LogP contribution in [-0.4, -0.2) is 19.5 Å². The molecular formula is C19H20N2O3. The van der Waals surface area contributed by atoms with Gasteiger partial charge >= 0.3 is 0 Å². The van der Waals surface area contributed by atoms with Crippen LogP contribution in [0.3, 0.4) is 0 Å². The molecule has 2 aromatic rings. The molecule has 0 saturated heterocycles. The van der Waals surface area contributed by atoms with E-state index in [4.69, 9.17) is 14.7 Å². The third-order valence-electron chi connectivity index (χ3n) is 3.54. The second-order valence-electron chi connectivity index (χ2n) is 5.20. The lowest BCUT2D eigenvalue weighted by Gasteiger charge is -2.13. The van der Waals surface area contributed by atoms with Gasteiger partial charge in [-0.25, -0.2) is 0 Å². The number of anilines is 1. The van der Waals surface area contributed by atoms with Gasteiger partial charge in [0.1, 0.15) is 0 Å². The number of benzene rings is 2. The molecule has 2 aromatic carbocycles. The smallest absolute Gasteiger partial charge is 0.161 e. The van der Waals surface area contributed by atoms with E-state index in [0.29, 0.717) is 41.5 Å². The summed E-state index contributed by atoms with van der Waals surface area (Å²) < 4.78 is 10.8. The first-order valence-corrected chi connectivity index (χ1v) is 7.67. The van der Waals surface area contributed by atoms with Crippen molar-refractivity contribution in [2.45, 2.75) is 20.4 Å².